The van der Waals surface area contributed by atoms with Crippen LogP contribution in [0.5, 0.6) is 11.5 Å². The minimum atomic E-state index is -0.456. The van der Waals surface area contributed by atoms with Crippen molar-refractivity contribution >= 4 is 23.2 Å². The monoisotopic (exact) mass is 361 g/mol. The highest BCUT2D eigenvalue weighted by molar-refractivity contribution is 6.32. The van der Waals surface area contributed by atoms with E-state index in [0.29, 0.717) is 22.2 Å². The Morgan fingerprint density at radius 3 is 2.92 bits per heavy atom. The van der Waals surface area contributed by atoms with Crippen LogP contribution in [0, 0.1) is 0 Å². The fourth-order valence-corrected chi connectivity index (χ4v) is 3.27. The van der Waals surface area contributed by atoms with E-state index in [4.69, 9.17) is 21.1 Å². The summed E-state index contributed by atoms with van der Waals surface area (Å²) in [4.78, 5) is 12.1. The molecule has 132 valence electrons. The normalized spacial score (nSPS) is 16.0. The average molecular weight is 362 g/mol. The summed E-state index contributed by atoms with van der Waals surface area (Å²) in [6.07, 6.45) is 2.06. The lowest BCUT2D eigenvalue weighted by molar-refractivity contribution is -0.118. The maximum absolute atomic E-state index is 12.1. The van der Waals surface area contributed by atoms with E-state index in [1.165, 1.54) is 7.11 Å². The molecule has 0 saturated carbocycles. The van der Waals surface area contributed by atoms with Crippen LogP contribution in [0.2, 0.25) is 5.02 Å². The van der Waals surface area contributed by atoms with E-state index in [0.717, 1.165) is 30.4 Å². The SMILES string of the molecule is COc1ccc(NC(=O)COc2cccc3c2CCC[C@H]3O)cc1Cl. The Hall–Kier alpha value is -2.24. The number of amides is 1. The molecule has 5 nitrogen and oxygen atoms in total. The van der Waals surface area contributed by atoms with E-state index >= 15 is 0 Å². The van der Waals surface area contributed by atoms with Crippen LogP contribution in [0.3, 0.4) is 0 Å². The fourth-order valence-electron chi connectivity index (χ4n) is 3.01. The molecule has 0 saturated heterocycles. The Labute approximate surface area is 151 Å². The molecule has 0 bridgehead atoms. The van der Waals surface area contributed by atoms with Crippen LogP contribution in [0.15, 0.2) is 36.4 Å². The number of aliphatic hydroxyl groups is 1. The molecule has 0 aromatic heterocycles. The smallest absolute Gasteiger partial charge is 0.262 e. The van der Waals surface area contributed by atoms with Gasteiger partial charge < -0.3 is 19.9 Å². The molecule has 0 radical (unpaired) electrons. The van der Waals surface area contributed by atoms with Gasteiger partial charge in [0.2, 0.25) is 0 Å². The number of carbonyl (C=O) groups is 1. The van der Waals surface area contributed by atoms with Gasteiger partial charge in [0.05, 0.1) is 18.2 Å². The number of fused-ring (bicyclic) bond motifs is 1. The van der Waals surface area contributed by atoms with Gasteiger partial charge in [-0.25, -0.2) is 0 Å². The van der Waals surface area contributed by atoms with Gasteiger partial charge in [-0.05, 0) is 54.7 Å². The first-order valence-corrected chi connectivity index (χ1v) is 8.52. The number of nitrogens with one attached hydrogen (secondary N) is 1. The van der Waals surface area contributed by atoms with Gasteiger partial charge in [0.25, 0.3) is 5.91 Å². The second kappa shape index (κ2) is 7.76. The van der Waals surface area contributed by atoms with E-state index in [1.54, 1.807) is 18.2 Å². The van der Waals surface area contributed by atoms with E-state index in [1.807, 2.05) is 18.2 Å². The molecule has 6 heteroatoms. The summed E-state index contributed by atoms with van der Waals surface area (Å²) in [5, 5.41) is 13.2. The third-order valence-electron chi connectivity index (χ3n) is 4.23. The van der Waals surface area contributed by atoms with Crippen LogP contribution in [0.1, 0.15) is 30.1 Å². The highest BCUT2D eigenvalue weighted by atomic mass is 35.5. The van der Waals surface area contributed by atoms with Crippen LogP contribution >= 0.6 is 11.6 Å². The molecular formula is C19H20ClNO4. The van der Waals surface area contributed by atoms with Gasteiger partial charge in [-0.2, -0.15) is 0 Å². The van der Waals surface area contributed by atoms with E-state index < -0.39 is 6.10 Å². The Bertz CT molecular complexity index is 778. The number of rotatable bonds is 5. The highest BCUT2D eigenvalue weighted by Gasteiger charge is 2.21. The lowest BCUT2D eigenvalue weighted by Gasteiger charge is -2.23. The molecule has 25 heavy (non-hydrogen) atoms. The Balaban J connectivity index is 1.63. The Kier molecular flexibility index (Phi) is 5.46. The quantitative estimate of drug-likeness (QED) is 0.851. The predicted octanol–water partition coefficient (Wildman–Crippen LogP) is 3.74. The first-order chi connectivity index (χ1) is 12.1. The number of hydrogen-bond donors (Lipinski definition) is 2. The van der Waals surface area contributed by atoms with Crippen molar-refractivity contribution in [3.63, 3.8) is 0 Å². The number of ether oxygens (including phenoxy) is 2. The van der Waals surface area contributed by atoms with E-state index in [9.17, 15) is 9.90 Å². The summed E-state index contributed by atoms with van der Waals surface area (Å²) >= 11 is 6.05. The van der Waals surface area contributed by atoms with Gasteiger partial charge in [0.15, 0.2) is 6.61 Å². The maximum Gasteiger partial charge on any atom is 0.262 e. The van der Waals surface area contributed by atoms with Gasteiger partial charge in [0, 0.05) is 5.69 Å². The lowest BCUT2D eigenvalue weighted by atomic mass is 9.89. The molecule has 0 aliphatic heterocycles. The van der Waals surface area contributed by atoms with Crippen molar-refractivity contribution in [2.24, 2.45) is 0 Å². The fraction of sp³-hybridized carbons (Fsp3) is 0.316. The third kappa shape index (κ3) is 4.06. The molecule has 2 aromatic carbocycles. The molecule has 2 N–H and O–H groups in total. The van der Waals surface area contributed by atoms with Gasteiger partial charge in [0.1, 0.15) is 11.5 Å². The molecule has 1 aliphatic rings. The second-order valence-electron chi connectivity index (χ2n) is 5.92. The molecule has 1 atom stereocenters. The predicted molar refractivity (Wildman–Crippen MR) is 96.5 cm³/mol. The number of benzene rings is 2. The highest BCUT2D eigenvalue weighted by Crippen LogP contribution is 2.35. The minimum absolute atomic E-state index is 0.115. The summed E-state index contributed by atoms with van der Waals surface area (Å²) in [5.41, 5.74) is 2.46. The van der Waals surface area contributed by atoms with Crippen molar-refractivity contribution in [3.05, 3.63) is 52.5 Å². The summed E-state index contributed by atoms with van der Waals surface area (Å²) < 4.78 is 10.8. The van der Waals surface area contributed by atoms with E-state index in [2.05, 4.69) is 5.32 Å². The molecule has 1 aliphatic carbocycles. The summed E-state index contributed by atoms with van der Waals surface area (Å²) in [7, 11) is 1.53. The van der Waals surface area contributed by atoms with Crippen molar-refractivity contribution in [2.45, 2.75) is 25.4 Å². The van der Waals surface area contributed by atoms with Crippen LogP contribution in [-0.4, -0.2) is 24.7 Å². The van der Waals surface area contributed by atoms with Gasteiger partial charge >= 0.3 is 0 Å². The van der Waals surface area contributed by atoms with Gasteiger partial charge in [-0.15, -0.1) is 0 Å². The molecule has 3 rings (SSSR count). The molecule has 1 amide bonds. The summed E-state index contributed by atoms with van der Waals surface area (Å²) in [6, 6.07) is 10.6. The maximum atomic E-state index is 12.1. The molecule has 0 heterocycles. The van der Waals surface area contributed by atoms with Crippen molar-refractivity contribution in [1.82, 2.24) is 0 Å². The van der Waals surface area contributed by atoms with E-state index in [-0.39, 0.29) is 12.5 Å². The summed E-state index contributed by atoms with van der Waals surface area (Å²) in [6.45, 7) is -0.115. The van der Waals surface area contributed by atoms with Crippen molar-refractivity contribution in [1.29, 1.82) is 0 Å². The number of anilines is 1. The third-order valence-corrected chi connectivity index (χ3v) is 4.52. The zero-order valence-corrected chi connectivity index (χ0v) is 14.7. The van der Waals surface area contributed by atoms with Crippen LogP contribution in [0.25, 0.3) is 0 Å². The topological polar surface area (TPSA) is 67.8 Å². The Morgan fingerprint density at radius 2 is 2.16 bits per heavy atom. The number of carbonyl (C=O) groups excluding carboxylic acids is 1. The van der Waals surface area contributed by atoms with Gasteiger partial charge in [-0.1, -0.05) is 23.7 Å². The first-order valence-electron chi connectivity index (χ1n) is 8.14. The summed E-state index contributed by atoms with van der Waals surface area (Å²) in [5.74, 6) is 0.916. The number of halogens is 1. The largest absolute Gasteiger partial charge is 0.495 e. The molecule has 2 aromatic rings. The van der Waals surface area contributed by atoms with Crippen LogP contribution < -0.4 is 14.8 Å². The lowest BCUT2D eigenvalue weighted by Crippen LogP contribution is -2.21. The molecule has 0 fully saturated rings. The molecule has 0 spiro atoms. The average Bonchev–Trinajstić information content (AvgIpc) is 2.60. The van der Waals surface area contributed by atoms with Crippen LogP contribution in [0.4, 0.5) is 5.69 Å². The standard InChI is InChI=1S/C19H20ClNO4/c1-24-18-9-8-12(10-15(18)20)21-19(23)11-25-17-7-3-4-13-14(17)5-2-6-16(13)22/h3-4,7-10,16,22H,2,5-6,11H2,1H3,(H,21,23)/t16-/m1/s1. The number of hydrogen-bond acceptors (Lipinski definition) is 4. The number of methoxy groups -OCH3 is 1. The zero-order chi connectivity index (χ0) is 17.8. The van der Waals surface area contributed by atoms with Crippen molar-refractivity contribution < 1.29 is 19.4 Å². The van der Waals surface area contributed by atoms with Crippen molar-refractivity contribution in [2.75, 3.05) is 19.0 Å². The first kappa shape index (κ1) is 17.6. The van der Waals surface area contributed by atoms with Crippen LogP contribution in [-0.2, 0) is 11.2 Å². The molecular weight excluding hydrogens is 342 g/mol. The minimum Gasteiger partial charge on any atom is -0.495 e. The zero-order valence-electron chi connectivity index (χ0n) is 13.9. The second-order valence-corrected chi connectivity index (χ2v) is 6.33. The Morgan fingerprint density at radius 1 is 1.32 bits per heavy atom. The van der Waals surface area contributed by atoms with Gasteiger partial charge in [-0.3, -0.25) is 4.79 Å². The van der Waals surface area contributed by atoms with Crippen molar-refractivity contribution in [3.8, 4) is 11.5 Å². The molecule has 0 unspecified atom stereocenters. The number of aliphatic hydroxyl groups excluding tert-OH is 1.